The van der Waals surface area contributed by atoms with Gasteiger partial charge in [-0.2, -0.15) is 0 Å². The van der Waals surface area contributed by atoms with Crippen molar-refractivity contribution in [1.29, 1.82) is 0 Å². The van der Waals surface area contributed by atoms with Crippen molar-refractivity contribution in [2.75, 3.05) is 65.7 Å². The molecule has 1 aromatic rings. The lowest BCUT2D eigenvalue weighted by Gasteiger charge is -2.51. The third-order valence-corrected chi connectivity index (χ3v) is 14.0. The standard InChI is InChI=1S/C36H51N5O7S/c1-23(47-20-34-6-4-24(5-7-34)48-21-34)28(32(45)39-10-8-35(9-11-39)18-46-19-35)38-29(42)26-14-40(31(44)27-13-37-22-49-27)15-36(26)16-41(17-36)30(43)25-12-33(25,2)3/h13,22-26,28H,4-12,14-21H2,1-3H3,(H,38,42)/t23-,24?,25-,26+,28+,34?/m1/s1. The lowest BCUT2D eigenvalue weighted by atomic mass is 9.70. The Hall–Kier alpha value is -2.61. The summed E-state index contributed by atoms with van der Waals surface area (Å²) in [5.74, 6) is -0.957. The number of nitrogens with zero attached hydrogens (tertiary/aromatic N) is 4. The zero-order valence-corrected chi connectivity index (χ0v) is 29.9. The minimum atomic E-state index is -0.871. The Kier molecular flexibility index (Phi) is 8.39. The fourth-order valence-electron chi connectivity index (χ4n) is 9.37. The van der Waals surface area contributed by atoms with Gasteiger partial charge in [0.2, 0.25) is 17.7 Å². The molecule has 6 aliphatic heterocycles. The summed E-state index contributed by atoms with van der Waals surface area (Å²) >= 11 is 1.28. The van der Waals surface area contributed by atoms with Crippen LogP contribution in [0.5, 0.6) is 0 Å². The highest BCUT2D eigenvalue weighted by molar-refractivity contribution is 7.11. The molecule has 268 valence electrons. The molecule has 9 rings (SSSR count). The van der Waals surface area contributed by atoms with Crippen molar-refractivity contribution in [2.45, 2.75) is 84.0 Å². The number of rotatable bonds is 9. The normalized spacial score (nSPS) is 33.1. The molecule has 2 saturated carbocycles. The van der Waals surface area contributed by atoms with Gasteiger partial charge in [0.05, 0.1) is 56.3 Å². The van der Waals surface area contributed by atoms with E-state index in [2.05, 4.69) is 24.1 Å². The van der Waals surface area contributed by atoms with Gasteiger partial charge in [0, 0.05) is 61.4 Å². The van der Waals surface area contributed by atoms with Crippen molar-refractivity contribution in [3.8, 4) is 0 Å². The van der Waals surface area contributed by atoms with E-state index in [1.807, 2.05) is 16.7 Å². The number of amides is 4. The second-order valence-electron chi connectivity index (χ2n) is 17.2. The van der Waals surface area contributed by atoms with Gasteiger partial charge in [0.15, 0.2) is 0 Å². The molecule has 12 nitrogen and oxygen atoms in total. The summed E-state index contributed by atoms with van der Waals surface area (Å²) in [5, 5.41) is 3.18. The van der Waals surface area contributed by atoms with Crippen LogP contribution in [0.15, 0.2) is 11.7 Å². The van der Waals surface area contributed by atoms with Gasteiger partial charge in [-0.25, -0.2) is 0 Å². The number of aromatic nitrogens is 1. The first-order valence-electron chi connectivity index (χ1n) is 18.3. The van der Waals surface area contributed by atoms with Gasteiger partial charge in [-0.3, -0.25) is 24.2 Å². The largest absolute Gasteiger partial charge is 0.380 e. The summed E-state index contributed by atoms with van der Waals surface area (Å²) in [6.45, 7) is 11.5. The lowest BCUT2D eigenvalue weighted by molar-refractivity contribution is -0.165. The Morgan fingerprint density at radius 3 is 2.27 bits per heavy atom. The number of thiazole rings is 1. The molecule has 13 heteroatoms. The van der Waals surface area contributed by atoms with Crippen molar-refractivity contribution >= 4 is 35.0 Å². The number of hydrogen-bond acceptors (Lipinski definition) is 9. The molecular formula is C36H51N5O7S. The van der Waals surface area contributed by atoms with Crippen LogP contribution < -0.4 is 5.32 Å². The third kappa shape index (κ3) is 6.10. The van der Waals surface area contributed by atoms with Crippen LogP contribution >= 0.6 is 11.3 Å². The molecule has 0 unspecified atom stereocenters. The van der Waals surface area contributed by atoms with Crippen LogP contribution in [0.1, 0.15) is 75.4 Å². The van der Waals surface area contributed by atoms with Gasteiger partial charge >= 0.3 is 0 Å². The number of ether oxygens (including phenoxy) is 3. The minimum Gasteiger partial charge on any atom is -0.380 e. The van der Waals surface area contributed by atoms with Crippen LogP contribution in [-0.4, -0.2) is 127 Å². The number of hydrogen-bond donors (Lipinski definition) is 1. The summed E-state index contributed by atoms with van der Waals surface area (Å²) in [5.41, 5.74) is 1.19. The van der Waals surface area contributed by atoms with Crippen molar-refractivity contribution in [1.82, 2.24) is 25.0 Å². The van der Waals surface area contributed by atoms with E-state index in [-0.39, 0.29) is 52.3 Å². The van der Waals surface area contributed by atoms with E-state index >= 15 is 0 Å². The monoisotopic (exact) mass is 697 g/mol. The molecule has 6 saturated heterocycles. The molecule has 2 bridgehead atoms. The van der Waals surface area contributed by atoms with E-state index in [1.165, 1.54) is 11.3 Å². The molecule has 7 heterocycles. The molecule has 0 aromatic carbocycles. The quantitative estimate of drug-likeness (QED) is 0.417. The molecule has 8 aliphatic rings. The first-order chi connectivity index (χ1) is 23.4. The van der Waals surface area contributed by atoms with Gasteiger partial charge in [-0.15, -0.1) is 11.3 Å². The van der Waals surface area contributed by atoms with Gasteiger partial charge < -0.3 is 34.2 Å². The van der Waals surface area contributed by atoms with E-state index in [1.54, 1.807) is 16.6 Å². The molecule has 49 heavy (non-hydrogen) atoms. The van der Waals surface area contributed by atoms with Gasteiger partial charge in [0.25, 0.3) is 5.91 Å². The Labute approximate surface area is 292 Å². The number of nitrogens with one attached hydrogen (secondary N) is 1. The van der Waals surface area contributed by atoms with Crippen molar-refractivity contribution in [3.05, 3.63) is 16.6 Å². The number of piperidine rings is 1. The number of fused-ring (bicyclic) bond motifs is 3. The maximum absolute atomic E-state index is 14.5. The summed E-state index contributed by atoms with van der Waals surface area (Å²) in [7, 11) is 0. The molecular weight excluding hydrogens is 646 g/mol. The molecule has 1 aromatic heterocycles. The summed E-state index contributed by atoms with van der Waals surface area (Å²) in [6.07, 6.45) is 8.17. The van der Waals surface area contributed by atoms with E-state index in [9.17, 15) is 19.2 Å². The summed E-state index contributed by atoms with van der Waals surface area (Å²) in [6, 6.07) is -0.871. The predicted octanol–water partition coefficient (Wildman–Crippen LogP) is 2.58. The Morgan fingerprint density at radius 2 is 1.69 bits per heavy atom. The average Bonchev–Trinajstić information content (AvgIpc) is 3.44. The SMILES string of the molecule is C[C@@H](OCC12CCC(CC1)OC2)[C@H](NC(=O)[C@@H]1CN(C(=O)c2cncs2)CC12CN(C(=O)[C@H]1CC1(C)C)C2)C(=O)N1CCC2(CC1)COC2. The Morgan fingerprint density at radius 1 is 1.00 bits per heavy atom. The molecule has 4 amide bonds. The maximum Gasteiger partial charge on any atom is 0.265 e. The van der Waals surface area contributed by atoms with Crippen LogP contribution in [0.25, 0.3) is 0 Å². The molecule has 4 atom stereocenters. The van der Waals surface area contributed by atoms with E-state index in [0.29, 0.717) is 56.9 Å². The molecule has 0 radical (unpaired) electrons. The average molecular weight is 698 g/mol. The third-order valence-electron chi connectivity index (χ3n) is 13.3. The molecule has 2 aliphatic carbocycles. The van der Waals surface area contributed by atoms with Crippen LogP contribution in [-0.2, 0) is 28.6 Å². The first kappa shape index (κ1) is 33.5. The van der Waals surface area contributed by atoms with Crippen LogP contribution in [0, 0.1) is 33.5 Å². The van der Waals surface area contributed by atoms with E-state index < -0.39 is 23.5 Å². The fourth-order valence-corrected chi connectivity index (χ4v) is 9.96. The highest BCUT2D eigenvalue weighted by atomic mass is 32.1. The Bertz CT molecular complexity index is 1440. The van der Waals surface area contributed by atoms with E-state index in [0.717, 1.165) is 58.2 Å². The highest BCUT2D eigenvalue weighted by Crippen LogP contribution is 2.55. The summed E-state index contributed by atoms with van der Waals surface area (Å²) < 4.78 is 18.1. The predicted molar refractivity (Wildman–Crippen MR) is 179 cm³/mol. The molecule has 1 N–H and O–H groups in total. The van der Waals surface area contributed by atoms with Gasteiger partial charge in [0.1, 0.15) is 10.9 Å². The molecule has 2 spiro atoms. The minimum absolute atomic E-state index is 0.00654. The maximum atomic E-state index is 14.5. The Balaban J connectivity index is 1.00. The van der Waals surface area contributed by atoms with Crippen molar-refractivity contribution < 1.29 is 33.4 Å². The van der Waals surface area contributed by atoms with Crippen LogP contribution in [0.4, 0.5) is 0 Å². The molecule has 8 fully saturated rings. The van der Waals surface area contributed by atoms with Crippen molar-refractivity contribution in [3.63, 3.8) is 0 Å². The smallest absolute Gasteiger partial charge is 0.265 e. The van der Waals surface area contributed by atoms with Gasteiger partial charge in [-0.05, 0) is 57.3 Å². The van der Waals surface area contributed by atoms with E-state index in [4.69, 9.17) is 14.2 Å². The topological polar surface area (TPSA) is 131 Å². The number of likely N-dealkylation sites (tertiary alicyclic amines) is 3. The number of carbonyl (C=O) groups is 4. The lowest BCUT2D eigenvalue weighted by Crippen LogP contribution is -2.66. The zero-order valence-electron chi connectivity index (χ0n) is 29.1. The van der Waals surface area contributed by atoms with Gasteiger partial charge in [-0.1, -0.05) is 13.8 Å². The van der Waals surface area contributed by atoms with Crippen molar-refractivity contribution in [2.24, 2.45) is 33.5 Å². The fraction of sp³-hybridized carbons (Fsp3) is 0.806. The van der Waals surface area contributed by atoms with Crippen LogP contribution in [0.3, 0.4) is 0 Å². The first-order valence-corrected chi connectivity index (χ1v) is 19.2. The number of carbonyl (C=O) groups excluding carboxylic acids is 4. The highest BCUT2D eigenvalue weighted by Gasteiger charge is 2.62. The second kappa shape index (κ2) is 12.3. The second-order valence-corrected chi connectivity index (χ2v) is 18.1. The summed E-state index contributed by atoms with van der Waals surface area (Å²) in [4.78, 5) is 65.8. The van der Waals surface area contributed by atoms with Crippen LogP contribution in [0.2, 0.25) is 0 Å². The zero-order chi connectivity index (χ0) is 34.2.